The normalized spacial score (nSPS) is 19.4. The topological polar surface area (TPSA) is 113 Å². The molecule has 114 valence electrons. The molecule has 2 amide bonds. The quantitative estimate of drug-likeness (QED) is 0.465. The van der Waals surface area contributed by atoms with Crippen molar-refractivity contribution < 1.29 is 27.0 Å². The van der Waals surface area contributed by atoms with Crippen LogP contribution in [0, 0.1) is 5.95 Å². The van der Waals surface area contributed by atoms with Gasteiger partial charge < -0.3 is 0 Å². The molecule has 0 saturated carbocycles. The highest BCUT2D eigenvalue weighted by molar-refractivity contribution is 7.85. The predicted molar refractivity (Wildman–Crippen MR) is 69.4 cm³/mol. The van der Waals surface area contributed by atoms with Gasteiger partial charge in [-0.25, -0.2) is 4.98 Å². The molecule has 2 N–H and O–H groups in total. The Balaban J connectivity index is 2.22. The van der Waals surface area contributed by atoms with Gasteiger partial charge in [-0.2, -0.15) is 12.8 Å². The van der Waals surface area contributed by atoms with Crippen LogP contribution in [0.4, 0.5) is 4.39 Å². The number of hydrogen-bond acceptors (Lipinski definition) is 5. The average molecular weight is 316 g/mol. The van der Waals surface area contributed by atoms with Crippen molar-refractivity contribution in [1.29, 1.82) is 0 Å². The van der Waals surface area contributed by atoms with Crippen molar-refractivity contribution in [3.05, 3.63) is 29.3 Å². The largest absolute Gasteiger partial charge is 0.296 e. The van der Waals surface area contributed by atoms with Crippen molar-refractivity contribution in [2.75, 3.05) is 5.75 Å². The molecule has 1 fully saturated rings. The van der Waals surface area contributed by atoms with E-state index in [0.29, 0.717) is 5.56 Å². The number of pyridine rings is 1. The maximum atomic E-state index is 13.5. The molecule has 7 nitrogen and oxygen atoms in total. The summed E-state index contributed by atoms with van der Waals surface area (Å²) in [7, 11) is -4.21. The fourth-order valence-corrected chi connectivity index (χ4v) is 2.61. The Labute approximate surface area is 120 Å². The molecule has 0 aromatic carbocycles. The van der Waals surface area contributed by atoms with E-state index in [9.17, 15) is 22.4 Å². The number of hydrogen-bond donors (Lipinski definition) is 2. The lowest BCUT2D eigenvalue weighted by Gasteiger charge is -2.21. The lowest BCUT2D eigenvalue weighted by Crippen LogP contribution is -2.39. The summed E-state index contributed by atoms with van der Waals surface area (Å²) in [6.07, 6.45) is 1.40. The van der Waals surface area contributed by atoms with Gasteiger partial charge in [0.1, 0.15) is 0 Å². The summed E-state index contributed by atoms with van der Waals surface area (Å²) >= 11 is 0. The number of imide groups is 1. The molecule has 1 aliphatic heterocycles. The Morgan fingerprint density at radius 3 is 2.76 bits per heavy atom. The predicted octanol–water partition coefficient (Wildman–Crippen LogP) is 0.171. The molecule has 1 aliphatic rings. The second kappa shape index (κ2) is 5.86. The Morgan fingerprint density at radius 1 is 1.43 bits per heavy atom. The van der Waals surface area contributed by atoms with Gasteiger partial charge in [0, 0.05) is 18.2 Å². The van der Waals surface area contributed by atoms with Crippen molar-refractivity contribution in [1.82, 2.24) is 10.3 Å². The van der Waals surface area contributed by atoms with E-state index in [1.54, 1.807) is 0 Å². The third-order valence-electron chi connectivity index (χ3n) is 3.20. The molecule has 0 radical (unpaired) electrons. The summed E-state index contributed by atoms with van der Waals surface area (Å²) in [5, 5.41) is 2.18. The van der Waals surface area contributed by atoms with Gasteiger partial charge in [-0.3, -0.25) is 19.5 Å². The maximum Gasteiger partial charge on any atom is 0.265 e. The number of carbonyl (C=O) groups excluding carboxylic acids is 2. The van der Waals surface area contributed by atoms with Crippen LogP contribution in [0.25, 0.3) is 0 Å². The van der Waals surface area contributed by atoms with E-state index in [2.05, 4.69) is 10.3 Å². The van der Waals surface area contributed by atoms with Gasteiger partial charge >= 0.3 is 0 Å². The third kappa shape index (κ3) is 4.05. The fraction of sp³-hybridized carbons (Fsp3) is 0.417. The minimum atomic E-state index is -4.21. The molecular formula is C12H13FN2O5S. The Kier molecular flexibility index (Phi) is 4.33. The molecule has 0 spiro atoms. The second-order valence-electron chi connectivity index (χ2n) is 4.76. The van der Waals surface area contributed by atoms with Crippen molar-refractivity contribution >= 4 is 21.9 Å². The van der Waals surface area contributed by atoms with E-state index in [0.717, 1.165) is 0 Å². The van der Waals surface area contributed by atoms with Gasteiger partial charge in [0.2, 0.25) is 17.8 Å². The highest BCUT2D eigenvalue weighted by atomic mass is 32.2. The summed E-state index contributed by atoms with van der Waals surface area (Å²) in [5.41, 5.74) is 0.404. The van der Waals surface area contributed by atoms with Crippen LogP contribution in [0.2, 0.25) is 0 Å². The summed E-state index contributed by atoms with van der Waals surface area (Å²) in [5.74, 6) is -2.96. The Bertz CT molecular complexity index is 689. The van der Waals surface area contributed by atoms with Crippen molar-refractivity contribution in [2.45, 2.75) is 25.2 Å². The van der Waals surface area contributed by atoms with Crippen LogP contribution >= 0.6 is 0 Å². The molecule has 0 aliphatic carbocycles. The van der Waals surface area contributed by atoms with Gasteiger partial charge in [-0.1, -0.05) is 0 Å². The molecular weight excluding hydrogens is 303 g/mol. The monoisotopic (exact) mass is 316 g/mol. The van der Waals surface area contributed by atoms with E-state index in [1.165, 1.54) is 12.3 Å². The van der Waals surface area contributed by atoms with Crippen LogP contribution in [0.3, 0.4) is 0 Å². The highest BCUT2D eigenvalue weighted by Crippen LogP contribution is 2.25. The zero-order chi connectivity index (χ0) is 15.6. The molecule has 2 heterocycles. The number of nitrogens with zero attached hydrogens (tertiary/aromatic N) is 1. The van der Waals surface area contributed by atoms with Crippen LogP contribution in [-0.2, 0) is 26.1 Å². The van der Waals surface area contributed by atoms with Gasteiger partial charge in [-0.05, 0) is 24.5 Å². The number of aromatic nitrogens is 1. The maximum absolute atomic E-state index is 13.5. The van der Waals surface area contributed by atoms with E-state index in [1.807, 2.05) is 0 Å². The lowest BCUT2D eigenvalue weighted by molar-refractivity contribution is -0.134. The number of halogens is 1. The lowest BCUT2D eigenvalue weighted by atomic mass is 9.91. The first-order chi connectivity index (χ1) is 9.76. The first-order valence-corrected chi connectivity index (χ1v) is 7.80. The Morgan fingerprint density at radius 2 is 2.14 bits per heavy atom. The fourth-order valence-electron chi connectivity index (χ4n) is 2.13. The van der Waals surface area contributed by atoms with E-state index < -0.39 is 33.6 Å². The van der Waals surface area contributed by atoms with Crippen LogP contribution in [0.5, 0.6) is 0 Å². The third-order valence-corrected chi connectivity index (χ3v) is 3.92. The zero-order valence-electron chi connectivity index (χ0n) is 10.9. The molecule has 1 aromatic rings. The highest BCUT2D eigenvalue weighted by Gasteiger charge is 2.28. The molecule has 1 saturated heterocycles. The standard InChI is InChI=1S/C12H13FN2O5S/c13-11-7(3-4-21(18,19)20)5-8(6-14-11)9-1-2-10(16)15-12(9)17/h5-6,9H,1-4H2,(H,15,16,17)(H,18,19,20). The smallest absolute Gasteiger partial charge is 0.265 e. The average Bonchev–Trinajstić information content (AvgIpc) is 2.37. The van der Waals surface area contributed by atoms with Crippen LogP contribution in [0.1, 0.15) is 29.9 Å². The first-order valence-electron chi connectivity index (χ1n) is 6.19. The zero-order valence-corrected chi connectivity index (χ0v) is 11.7. The number of nitrogens with one attached hydrogen (secondary N) is 1. The molecule has 9 heteroatoms. The van der Waals surface area contributed by atoms with E-state index >= 15 is 0 Å². The molecule has 1 aromatic heterocycles. The van der Waals surface area contributed by atoms with Crippen LogP contribution in [-0.4, -0.2) is 35.5 Å². The minimum absolute atomic E-state index is 0.00479. The number of aryl methyl sites for hydroxylation is 1. The molecule has 1 unspecified atom stereocenters. The summed E-state index contributed by atoms with van der Waals surface area (Å²) in [4.78, 5) is 26.3. The van der Waals surface area contributed by atoms with E-state index in [-0.39, 0.29) is 30.7 Å². The molecule has 1 atom stereocenters. The number of rotatable bonds is 4. The van der Waals surface area contributed by atoms with Gasteiger partial charge in [0.25, 0.3) is 10.1 Å². The number of amides is 2. The van der Waals surface area contributed by atoms with Gasteiger partial charge in [0.15, 0.2) is 0 Å². The summed E-state index contributed by atoms with van der Waals surface area (Å²) in [6, 6.07) is 1.34. The summed E-state index contributed by atoms with van der Waals surface area (Å²) < 4.78 is 43.6. The van der Waals surface area contributed by atoms with Gasteiger partial charge in [0.05, 0.1) is 11.7 Å². The number of piperidine rings is 1. The number of carbonyl (C=O) groups is 2. The van der Waals surface area contributed by atoms with Gasteiger partial charge in [-0.15, -0.1) is 0 Å². The van der Waals surface area contributed by atoms with E-state index in [4.69, 9.17) is 4.55 Å². The van der Waals surface area contributed by atoms with Crippen molar-refractivity contribution in [3.8, 4) is 0 Å². The first kappa shape index (κ1) is 15.5. The minimum Gasteiger partial charge on any atom is -0.296 e. The van der Waals surface area contributed by atoms with Crippen molar-refractivity contribution in [3.63, 3.8) is 0 Å². The second-order valence-corrected chi connectivity index (χ2v) is 6.33. The summed E-state index contributed by atoms with van der Waals surface area (Å²) in [6.45, 7) is 0. The Hall–Kier alpha value is -1.87. The SMILES string of the molecule is O=C1CCC(c2cnc(F)c(CCS(=O)(=O)O)c2)C(=O)N1. The van der Waals surface area contributed by atoms with Crippen LogP contribution < -0.4 is 5.32 Å². The molecule has 21 heavy (non-hydrogen) atoms. The van der Waals surface area contributed by atoms with Crippen LogP contribution in [0.15, 0.2) is 12.3 Å². The molecule has 2 rings (SSSR count). The molecule has 0 bridgehead atoms. The van der Waals surface area contributed by atoms with Crippen molar-refractivity contribution in [2.24, 2.45) is 0 Å².